The number of nitrogens with zero attached hydrogens (tertiary/aromatic N) is 4. The van der Waals surface area contributed by atoms with Gasteiger partial charge >= 0.3 is 0 Å². The summed E-state index contributed by atoms with van der Waals surface area (Å²) in [6, 6.07) is 2.10. The Bertz CT molecular complexity index is 480. The molecule has 4 heterocycles. The zero-order chi connectivity index (χ0) is 14.1. The Kier molecular flexibility index (Phi) is 3.35. The second-order valence-electron chi connectivity index (χ2n) is 6.16. The normalized spacial score (nSPS) is 31.0. The first-order chi connectivity index (χ1) is 10.4. The molecule has 1 aromatic heterocycles. The number of H-pyrrole nitrogens is 1. The molecule has 0 radical (unpaired) electrons. The van der Waals surface area contributed by atoms with Crippen molar-refractivity contribution in [2.24, 2.45) is 0 Å². The highest BCUT2D eigenvalue weighted by atomic mass is 15.7. The topological polar surface area (TPSA) is 50.4 Å². The fraction of sp³-hybridized carbons (Fsp3) is 0.667. The van der Waals surface area contributed by atoms with Crippen LogP contribution in [0.5, 0.6) is 0 Å². The molecule has 0 aliphatic carbocycles. The van der Waals surface area contributed by atoms with E-state index >= 15 is 0 Å². The fourth-order valence-corrected chi connectivity index (χ4v) is 4.12. The highest BCUT2D eigenvalue weighted by molar-refractivity contribution is 5.41. The van der Waals surface area contributed by atoms with E-state index in [9.17, 15) is 0 Å². The molecule has 3 aliphatic heterocycles. The summed E-state index contributed by atoms with van der Waals surface area (Å²) in [5, 5.41) is 9.76. The second-order valence-corrected chi connectivity index (χ2v) is 6.16. The highest BCUT2D eigenvalue weighted by Crippen LogP contribution is 2.39. The smallest absolute Gasteiger partial charge is 0.169 e. The van der Waals surface area contributed by atoms with Crippen LogP contribution in [-0.4, -0.2) is 52.1 Å². The van der Waals surface area contributed by atoms with Crippen LogP contribution in [0.4, 0.5) is 5.82 Å². The second kappa shape index (κ2) is 5.35. The Morgan fingerprint density at radius 3 is 2.67 bits per heavy atom. The SMILES string of the molecule is C1=CNN(C2(N3CCCC3)CCCCN2c2ccn[nH]2)C1. The highest BCUT2D eigenvalue weighted by Gasteiger charge is 2.50. The standard InChI is InChI=1S/C15H24N6/c1-2-12-20(14-6-9-16-18-14)15(7-1,19-10-3-4-11-19)21-13-5-8-17-21/h5-6,8-9,17H,1-4,7,10-13H2,(H,16,18). The number of nitrogens with one attached hydrogen (secondary N) is 2. The molecule has 0 saturated carbocycles. The molecule has 3 aliphatic rings. The Morgan fingerprint density at radius 2 is 1.95 bits per heavy atom. The van der Waals surface area contributed by atoms with E-state index in [0.717, 1.165) is 18.9 Å². The number of aromatic amines is 1. The van der Waals surface area contributed by atoms with E-state index in [-0.39, 0.29) is 5.79 Å². The van der Waals surface area contributed by atoms with Crippen LogP contribution < -0.4 is 10.3 Å². The molecule has 0 bridgehead atoms. The largest absolute Gasteiger partial charge is 0.325 e. The summed E-state index contributed by atoms with van der Waals surface area (Å²) < 4.78 is 0. The minimum absolute atomic E-state index is 0.0647. The van der Waals surface area contributed by atoms with Crippen molar-refractivity contribution in [1.29, 1.82) is 0 Å². The van der Waals surface area contributed by atoms with Gasteiger partial charge in [-0.3, -0.25) is 10.00 Å². The molecule has 21 heavy (non-hydrogen) atoms. The minimum atomic E-state index is -0.0647. The van der Waals surface area contributed by atoms with E-state index in [1.165, 1.54) is 45.2 Å². The van der Waals surface area contributed by atoms with Gasteiger partial charge in [0.1, 0.15) is 5.82 Å². The van der Waals surface area contributed by atoms with Gasteiger partial charge in [0, 0.05) is 44.9 Å². The van der Waals surface area contributed by atoms with Gasteiger partial charge in [-0.25, -0.2) is 0 Å². The van der Waals surface area contributed by atoms with Gasteiger partial charge in [-0.05, 0) is 25.7 Å². The molecule has 1 unspecified atom stereocenters. The molecule has 2 saturated heterocycles. The number of rotatable bonds is 3. The monoisotopic (exact) mass is 288 g/mol. The quantitative estimate of drug-likeness (QED) is 0.882. The van der Waals surface area contributed by atoms with Gasteiger partial charge < -0.3 is 10.3 Å². The van der Waals surface area contributed by atoms with Crippen molar-refractivity contribution >= 4 is 5.82 Å². The van der Waals surface area contributed by atoms with Gasteiger partial charge in [-0.1, -0.05) is 6.08 Å². The molecular weight excluding hydrogens is 264 g/mol. The first-order valence-electron chi connectivity index (χ1n) is 8.12. The summed E-state index contributed by atoms with van der Waals surface area (Å²) in [4.78, 5) is 5.18. The van der Waals surface area contributed by atoms with Gasteiger partial charge in [0.2, 0.25) is 0 Å². The van der Waals surface area contributed by atoms with Crippen LogP contribution in [0.1, 0.15) is 32.1 Å². The summed E-state index contributed by atoms with van der Waals surface area (Å²) in [5.41, 5.74) is 3.47. The maximum atomic E-state index is 4.18. The maximum absolute atomic E-state index is 4.18. The van der Waals surface area contributed by atoms with Gasteiger partial charge in [0.15, 0.2) is 5.79 Å². The lowest BCUT2D eigenvalue weighted by atomic mass is 10.00. The molecule has 0 amide bonds. The number of aromatic nitrogens is 2. The molecule has 0 aromatic carbocycles. The van der Waals surface area contributed by atoms with Crippen molar-refractivity contribution in [2.45, 2.75) is 37.9 Å². The Morgan fingerprint density at radius 1 is 1.10 bits per heavy atom. The van der Waals surface area contributed by atoms with Crippen molar-refractivity contribution in [2.75, 3.05) is 31.1 Å². The molecule has 1 atom stereocenters. The molecule has 4 rings (SSSR count). The summed E-state index contributed by atoms with van der Waals surface area (Å²) in [6.45, 7) is 4.41. The van der Waals surface area contributed by atoms with Crippen LogP contribution in [0.15, 0.2) is 24.5 Å². The number of anilines is 1. The summed E-state index contributed by atoms with van der Waals surface area (Å²) >= 11 is 0. The zero-order valence-electron chi connectivity index (χ0n) is 12.5. The predicted molar refractivity (Wildman–Crippen MR) is 82.3 cm³/mol. The lowest BCUT2D eigenvalue weighted by Crippen LogP contribution is -2.72. The van der Waals surface area contributed by atoms with Gasteiger partial charge in [-0.2, -0.15) is 10.1 Å². The van der Waals surface area contributed by atoms with Crippen molar-refractivity contribution in [1.82, 2.24) is 25.5 Å². The lowest BCUT2D eigenvalue weighted by molar-refractivity contribution is -0.0766. The minimum Gasteiger partial charge on any atom is -0.325 e. The van der Waals surface area contributed by atoms with E-state index in [4.69, 9.17) is 0 Å². The first kappa shape index (κ1) is 13.2. The Balaban J connectivity index is 1.74. The third-order valence-electron chi connectivity index (χ3n) is 5.03. The summed E-state index contributed by atoms with van der Waals surface area (Å²) in [7, 11) is 0. The van der Waals surface area contributed by atoms with E-state index in [1.807, 2.05) is 6.20 Å². The summed E-state index contributed by atoms with van der Waals surface area (Å²) in [5.74, 6) is 1.07. The Hall–Kier alpha value is -1.53. The molecular formula is C15H24N6. The van der Waals surface area contributed by atoms with Crippen molar-refractivity contribution in [3.63, 3.8) is 0 Å². The lowest BCUT2D eigenvalue weighted by Gasteiger charge is -2.56. The molecule has 6 heteroatoms. The maximum Gasteiger partial charge on any atom is 0.169 e. The third-order valence-corrected chi connectivity index (χ3v) is 5.03. The van der Waals surface area contributed by atoms with E-state index in [2.05, 4.69) is 48.8 Å². The predicted octanol–water partition coefficient (Wildman–Crippen LogP) is 1.48. The van der Waals surface area contributed by atoms with E-state index < -0.39 is 0 Å². The molecule has 0 spiro atoms. The number of hydrazine groups is 1. The molecule has 114 valence electrons. The van der Waals surface area contributed by atoms with Crippen LogP contribution in [0.2, 0.25) is 0 Å². The van der Waals surface area contributed by atoms with Crippen molar-refractivity contribution < 1.29 is 0 Å². The number of hydrogen-bond acceptors (Lipinski definition) is 5. The third kappa shape index (κ3) is 2.05. The van der Waals surface area contributed by atoms with Crippen LogP contribution >= 0.6 is 0 Å². The van der Waals surface area contributed by atoms with Gasteiger partial charge in [-0.15, -0.1) is 0 Å². The van der Waals surface area contributed by atoms with Crippen molar-refractivity contribution in [3.05, 3.63) is 24.5 Å². The van der Waals surface area contributed by atoms with E-state index in [1.54, 1.807) is 0 Å². The average Bonchev–Trinajstić information content (AvgIpc) is 3.29. The van der Waals surface area contributed by atoms with Gasteiger partial charge in [0.25, 0.3) is 0 Å². The van der Waals surface area contributed by atoms with E-state index in [0.29, 0.717) is 0 Å². The molecule has 6 nitrogen and oxygen atoms in total. The number of hydrogen-bond donors (Lipinski definition) is 2. The molecule has 1 aromatic rings. The summed E-state index contributed by atoms with van der Waals surface area (Å²) in [6.07, 6.45) is 12.4. The van der Waals surface area contributed by atoms with Crippen LogP contribution in [0.3, 0.4) is 0 Å². The van der Waals surface area contributed by atoms with Crippen LogP contribution in [0.25, 0.3) is 0 Å². The molecule has 2 fully saturated rings. The average molecular weight is 288 g/mol. The fourth-order valence-electron chi connectivity index (χ4n) is 4.12. The van der Waals surface area contributed by atoms with Crippen LogP contribution in [-0.2, 0) is 0 Å². The van der Waals surface area contributed by atoms with Gasteiger partial charge in [0.05, 0.1) is 6.20 Å². The van der Waals surface area contributed by atoms with Crippen LogP contribution in [0, 0.1) is 0 Å². The Labute approximate surface area is 125 Å². The number of likely N-dealkylation sites (tertiary alicyclic amines) is 1. The zero-order valence-corrected chi connectivity index (χ0v) is 12.5. The molecule has 2 N–H and O–H groups in total. The van der Waals surface area contributed by atoms with Crippen molar-refractivity contribution in [3.8, 4) is 0 Å². The number of piperidine rings is 1. The first-order valence-corrected chi connectivity index (χ1v) is 8.12.